The zero-order valence-corrected chi connectivity index (χ0v) is 13.2. The lowest BCUT2D eigenvalue weighted by Gasteiger charge is -2.24. The van der Waals surface area contributed by atoms with E-state index in [2.05, 4.69) is 0 Å². The maximum atomic E-state index is 12.0. The van der Waals surface area contributed by atoms with Crippen molar-refractivity contribution in [3.05, 3.63) is 0 Å². The Balaban J connectivity index is 2.63. The van der Waals surface area contributed by atoms with Crippen molar-refractivity contribution in [2.45, 2.75) is 58.8 Å². The highest BCUT2D eigenvalue weighted by molar-refractivity contribution is 5.77. The maximum absolute atomic E-state index is 12.0. The van der Waals surface area contributed by atoms with Gasteiger partial charge in [-0.05, 0) is 41.5 Å². The Morgan fingerprint density at radius 2 is 1.50 bits per heavy atom. The van der Waals surface area contributed by atoms with Crippen molar-refractivity contribution < 1.29 is 19.1 Å². The molecule has 0 spiro atoms. The van der Waals surface area contributed by atoms with Gasteiger partial charge in [0, 0.05) is 19.1 Å². The SMILES string of the molecule is CC(C)(C)OC(=O)[C@H]1CN(C(=O)OC(C)(C)C)C[C@@H]1N. The van der Waals surface area contributed by atoms with Gasteiger partial charge in [0.05, 0.1) is 5.92 Å². The van der Waals surface area contributed by atoms with Crippen LogP contribution in [0.15, 0.2) is 0 Å². The number of amides is 1. The standard InChI is InChI=1S/C14H26N2O4/c1-13(2,3)19-11(17)9-7-16(8-10(9)15)12(18)20-14(4,5)6/h9-10H,7-8,15H2,1-6H3/t9-,10-/m0/s1. The first-order valence-electron chi connectivity index (χ1n) is 6.85. The normalized spacial score (nSPS) is 23.6. The number of carbonyl (C=O) groups is 2. The predicted octanol–water partition coefficient (Wildman–Crippen LogP) is 1.52. The molecule has 20 heavy (non-hydrogen) atoms. The fraction of sp³-hybridized carbons (Fsp3) is 0.857. The molecule has 6 nitrogen and oxygen atoms in total. The van der Waals surface area contributed by atoms with Crippen molar-refractivity contribution in [3.63, 3.8) is 0 Å². The summed E-state index contributed by atoms with van der Waals surface area (Å²) in [7, 11) is 0. The summed E-state index contributed by atoms with van der Waals surface area (Å²) in [6.45, 7) is 11.3. The number of likely N-dealkylation sites (tertiary alicyclic amines) is 1. The first-order valence-corrected chi connectivity index (χ1v) is 6.85. The fourth-order valence-electron chi connectivity index (χ4n) is 1.93. The van der Waals surface area contributed by atoms with Crippen molar-refractivity contribution in [2.75, 3.05) is 13.1 Å². The number of carbonyl (C=O) groups excluding carboxylic acids is 2. The third-order valence-corrected chi connectivity index (χ3v) is 2.73. The van der Waals surface area contributed by atoms with Gasteiger partial charge >= 0.3 is 12.1 Å². The van der Waals surface area contributed by atoms with Crippen LogP contribution in [0, 0.1) is 5.92 Å². The van der Waals surface area contributed by atoms with Crippen LogP contribution < -0.4 is 5.73 Å². The van der Waals surface area contributed by atoms with Crippen molar-refractivity contribution >= 4 is 12.1 Å². The van der Waals surface area contributed by atoms with Gasteiger partial charge in [-0.2, -0.15) is 0 Å². The van der Waals surface area contributed by atoms with E-state index in [1.54, 1.807) is 41.5 Å². The highest BCUT2D eigenvalue weighted by Crippen LogP contribution is 2.22. The van der Waals surface area contributed by atoms with E-state index in [-0.39, 0.29) is 12.5 Å². The van der Waals surface area contributed by atoms with Gasteiger partial charge in [-0.3, -0.25) is 4.79 Å². The Hall–Kier alpha value is -1.30. The number of hydrogen-bond acceptors (Lipinski definition) is 5. The molecule has 1 amide bonds. The molecule has 0 aromatic rings. The fourth-order valence-corrected chi connectivity index (χ4v) is 1.93. The van der Waals surface area contributed by atoms with Crippen LogP contribution in [0.3, 0.4) is 0 Å². The number of hydrogen-bond donors (Lipinski definition) is 1. The second kappa shape index (κ2) is 5.60. The van der Waals surface area contributed by atoms with Crippen molar-refractivity contribution in [1.29, 1.82) is 0 Å². The summed E-state index contributed by atoms with van der Waals surface area (Å²) in [5, 5.41) is 0. The first-order chi connectivity index (χ1) is 8.89. The molecule has 1 saturated heterocycles. The molecule has 0 aromatic carbocycles. The van der Waals surface area contributed by atoms with Gasteiger partial charge in [-0.15, -0.1) is 0 Å². The monoisotopic (exact) mass is 286 g/mol. The van der Waals surface area contributed by atoms with Crippen molar-refractivity contribution in [1.82, 2.24) is 4.90 Å². The van der Waals surface area contributed by atoms with Crippen LogP contribution in [-0.4, -0.2) is 47.3 Å². The van der Waals surface area contributed by atoms with Gasteiger partial charge in [0.1, 0.15) is 11.2 Å². The van der Waals surface area contributed by atoms with E-state index in [1.165, 1.54) is 4.90 Å². The van der Waals surface area contributed by atoms with Gasteiger partial charge in [-0.1, -0.05) is 0 Å². The molecule has 1 aliphatic heterocycles. The minimum Gasteiger partial charge on any atom is -0.460 e. The molecule has 1 rings (SSSR count). The van der Waals surface area contributed by atoms with E-state index >= 15 is 0 Å². The molecule has 1 heterocycles. The molecular weight excluding hydrogens is 260 g/mol. The predicted molar refractivity (Wildman–Crippen MR) is 75.1 cm³/mol. The lowest BCUT2D eigenvalue weighted by atomic mass is 10.0. The van der Waals surface area contributed by atoms with E-state index < -0.39 is 29.3 Å². The van der Waals surface area contributed by atoms with E-state index in [4.69, 9.17) is 15.2 Å². The number of ether oxygens (including phenoxy) is 2. The topological polar surface area (TPSA) is 81.9 Å². The number of nitrogens with zero attached hydrogens (tertiary/aromatic N) is 1. The number of rotatable bonds is 1. The number of nitrogens with two attached hydrogens (primary N) is 1. The zero-order valence-electron chi connectivity index (χ0n) is 13.2. The summed E-state index contributed by atoms with van der Waals surface area (Å²) >= 11 is 0. The molecule has 0 aromatic heterocycles. The molecular formula is C14H26N2O4. The van der Waals surface area contributed by atoms with Gasteiger partial charge in [-0.25, -0.2) is 4.79 Å². The van der Waals surface area contributed by atoms with Gasteiger partial charge in [0.15, 0.2) is 0 Å². The largest absolute Gasteiger partial charge is 0.460 e. The lowest BCUT2D eigenvalue weighted by Crippen LogP contribution is -2.38. The van der Waals surface area contributed by atoms with E-state index in [0.717, 1.165) is 0 Å². The Labute approximate surface area is 120 Å². The second-order valence-electron chi connectivity index (χ2n) is 7.19. The van der Waals surface area contributed by atoms with Gasteiger partial charge in [0.25, 0.3) is 0 Å². The average Bonchev–Trinajstić information content (AvgIpc) is 2.55. The molecule has 0 aliphatic carbocycles. The molecule has 1 aliphatic rings. The third-order valence-electron chi connectivity index (χ3n) is 2.73. The Kier molecular flexibility index (Phi) is 4.69. The molecule has 0 unspecified atom stereocenters. The zero-order chi connectivity index (χ0) is 15.7. The van der Waals surface area contributed by atoms with Crippen LogP contribution >= 0.6 is 0 Å². The maximum Gasteiger partial charge on any atom is 0.410 e. The molecule has 2 N–H and O–H groups in total. The Morgan fingerprint density at radius 1 is 1.00 bits per heavy atom. The first kappa shape index (κ1) is 16.8. The van der Waals surface area contributed by atoms with Crippen LogP contribution in [0.25, 0.3) is 0 Å². The smallest absolute Gasteiger partial charge is 0.410 e. The highest BCUT2D eigenvalue weighted by atomic mass is 16.6. The van der Waals surface area contributed by atoms with Crippen LogP contribution in [0.1, 0.15) is 41.5 Å². The minimum absolute atomic E-state index is 0.241. The van der Waals surface area contributed by atoms with Crippen LogP contribution in [0.5, 0.6) is 0 Å². The number of esters is 1. The second-order valence-corrected chi connectivity index (χ2v) is 7.19. The molecule has 0 bridgehead atoms. The molecule has 0 saturated carbocycles. The summed E-state index contributed by atoms with van der Waals surface area (Å²) < 4.78 is 10.6. The summed E-state index contributed by atoms with van der Waals surface area (Å²) in [6.07, 6.45) is -0.445. The van der Waals surface area contributed by atoms with Crippen LogP contribution in [0.4, 0.5) is 4.79 Å². The Morgan fingerprint density at radius 3 is 1.95 bits per heavy atom. The Bertz CT molecular complexity index is 382. The summed E-state index contributed by atoms with van der Waals surface area (Å²) in [4.78, 5) is 25.5. The van der Waals surface area contributed by atoms with Gasteiger partial charge < -0.3 is 20.1 Å². The molecule has 1 fully saturated rings. The molecule has 116 valence electrons. The van der Waals surface area contributed by atoms with E-state index in [1.807, 2.05) is 0 Å². The van der Waals surface area contributed by atoms with Crippen LogP contribution in [-0.2, 0) is 14.3 Å². The quantitative estimate of drug-likeness (QED) is 0.739. The van der Waals surface area contributed by atoms with Crippen LogP contribution in [0.2, 0.25) is 0 Å². The van der Waals surface area contributed by atoms with E-state index in [9.17, 15) is 9.59 Å². The minimum atomic E-state index is -0.564. The van der Waals surface area contributed by atoms with E-state index in [0.29, 0.717) is 6.54 Å². The molecule has 6 heteroatoms. The highest BCUT2D eigenvalue weighted by Gasteiger charge is 2.41. The summed E-state index contributed by atoms with van der Waals surface area (Å²) in [6, 6.07) is -0.419. The van der Waals surface area contributed by atoms with Gasteiger partial charge in [0.2, 0.25) is 0 Å². The average molecular weight is 286 g/mol. The summed E-state index contributed by atoms with van der Waals surface area (Å²) in [5.41, 5.74) is 4.82. The molecule has 2 atom stereocenters. The molecule has 0 radical (unpaired) electrons. The van der Waals surface area contributed by atoms with Crippen molar-refractivity contribution in [2.24, 2.45) is 11.7 Å². The third kappa shape index (κ3) is 5.00. The van der Waals surface area contributed by atoms with Crippen molar-refractivity contribution in [3.8, 4) is 0 Å². The lowest BCUT2D eigenvalue weighted by molar-refractivity contribution is -0.159. The summed E-state index contributed by atoms with van der Waals surface area (Å²) in [5.74, 6) is -0.863.